The average Bonchev–Trinajstić information content (AvgIpc) is 3.24. The van der Waals surface area contributed by atoms with Gasteiger partial charge in [-0.3, -0.25) is 0 Å². The molecule has 1 fully saturated rings. The summed E-state index contributed by atoms with van der Waals surface area (Å²) in [5.41, 5.74) is 4.49. The molecule has 0 bridgehead atoms. The van der Waals surface area contributed by atoms with Crippen LogP contribution < -0.4 is 10.6 Å². The van der Waals surface area contributed by atoms with Gasteiger partial charge in [0.25, 0.3) is 0 Å². The normalized spacial score (nSPS) is 14.0. The van der Waals surface area contributed by atoms with Gasteiger partial charge in [0, 0.05) is 23.8 Å². The molecule has 0 saturated heterocycles. The lowest BCUT2D eigenvalue weighted by Crippen LogP contribution is -2.36. The average molecular weight is 300 g/mol. The van der Waals surface area contributed by atoms with E-state index < -0.39 is 0 Å². The summed E-state index contributed by atoms with van der Waals surface area (Å²) in [4.78, 5) is 0. The van der Waals surface area contributed by atoms with Crippen molar-refractivity contribution in [2.75, 3.05) is 0 Å². The number of nitrogens with zero attached hydrogens (tertiary/aromatic N) is 2. The molecule has 1 aromatic heterocycles. The molecule has 0 unspecified atom stereocenters. The molecule has 0 aliphatic heterocycles. The molecule has 1 heterocycles. The van der Waals surface area contributed by atoms with Crippen LogP contribution in [0, 0.1) is 13.8 Å². The van der Waals surface area contributed by atoms with E-state index in [1.807, 2.05) is 29.8 Å². The molecule has 110 valence electrons. The molecule has 0 atom stereocenters. The zero-order valence-corrected chi connectivity index (χ0v) is 13.2. The van der Waals surface area contributed by atoms with Crippen molar-refractivity contribution in [2.24, 2.45) is 0 Å². The van der Waals surface area contributed by atoms with Gasteiger partial charge in [0.05, 0.1) is 11.4 Å². The van der Waals surface area contributed by atoms with Crippen LogP contribution in [0.2, 0.25) is 0 Å². The smallest absolute Gasteiger partial charge is 0.166 e. The fourth-order valence-electron chi connectivity index (χ4n) is 2.38. The zero-order chi connectivity index (χ0) is 14.8. The van der Waals surface area contributed by atoms with Crippen LogP contribution >= 0.6 is 12.2 Å². The summed E-state index contributed by atoms with van der Waals surface area (Å²) in [7, 11) is 0. The summed E-state index contributed by atoms with van der Waals surface area (Å²) in [5.74, 6) is 0. The van der Waals surface area contributed by atoms with Gasteiger partial charge < -0.3 is 10.6 Å². The first kappa shape index (κ1) is 14.1. The second-order valence-corrected chi connectivity index (χ2v) is 5.91. The summed E-state index contributed by atoms with van der Waals surface area (Å²) in [6, 6.07) is 10.8. The van der Waals surface area contributed by atoms with Gasteiger partial charge in [0.15, 0.2) is 5.11 Å². The van der Waals surface area contributed by atoms with E-state index in [1.54, 1.807) is 0 Å². The lowest BCUT2D eigenvalue weighted by molar-refractivity contribution is 0.816. The second kappa shape index (κ2) is 5.85. The molecule has 21 heavy (non-hydrogen) atoms. The first-order valence-electron chi connectivity index (χ1n) is 7.30. The molecule has 0 radical (unpaired) electrons. The number of hydrogen-bond donors (Lipinski definition) is 2. The topological polar surface area (TPSA) is 41.9 Å². The Morgan fingerprint density at radius 1 is 1.29 bits per heavy atom. The number of rotatable bonds is 4. The monoisotopic (exact) mass is 300 g/mol. The lowest BCUT2D eigenvalue weighted by atomic mass is 10.2. The second-order valence-electron chi connectivity index (χ2n) is 5.50. The fourth-order valence-corrected chi connectivity index (χ4v) is 2.62. The summed E-state index contributed by atoms with van der Waals surface area (Å²) in [6.45, 7) is 4.85. The third-order valence-corrected chi connectivity index (χ3v) is 4.04. The summed E-state index contributed by atoms with van der Waals surface area (Å²) in [5, 5.41) is 12.0. The van der Waals surface area contributed by atoms with Gasteiger partial charge in [-0.1, -0.05) is 18.2 Å². The van der Waals surface area contributed by atoms with E-state index in [4.69, 9.17) is 12.2 Å². The van der Waals surface area contributed by atoms with E-state index in [2.05, 4.69) is 34.8 Å². The van der Waals surface area contributed by atoms with Crippen LogP contribution in [0.5, 0.6) is 0 Å². The van der Waals surface area contributed by atoms with Crippen LogP contribution in [0.15, 0.2) is 30.3 Å². The SMILES string of the molecule is Cc1nn(-c2ccccc2)c(C)c1CNC(=S)NC1CC1. The molecule has 1 saturated carbocycles. The third-order valence-electron chi connectivity index (χ3n) is 3.78. The maximum atomic E-state index is 5.31. The third kappa shape index (κ3) is 3.24. The Balaban J connectivity index is 1.73. The van der Waals surface area contributed by atoms with Gasteiger partial charge >= 0.3 is 0 Å². The quantitative estimate of drug-likeness (QED) is 0.852. The highest BCUT2D eigenvalue weighted by Gasteiger charge is 2.22. The Labute approximate surface area is 130 Å². The van der Waals surface area contributed by atoms with E-state index in [0.717, 1.165) is 22.2 Å². The minimum absolute atomic E-state index is 0.583. The van der Waals surface area contributed by atoms with Crippen LogP contribution in [0.1, 0.15) is 29.8 Å². The van der Waals surface area contributed by atoms with Crippen LogP contribution in [-0.2, 0) is 6.54 Å². The van der Waals surface area contributed by atoms with Gasteiger partial charge in [0.2, 0.25) is 0 Å². The molecule has 4 nitrogen and oxygen atoms in total. The molecular formula is C16H20N4S. The summed E-state index contributed by atoms with van der Waals surface area (Å²) in [6.07, 6.45) is 2.46. The number of nitrogens with one attached hydrogen (secondary N) is 2. The highest BCUT2D eigenvalue weighted by molar-refractivity contribution is 7.80. The Hall–Kier alpha value is -1.88. The van der Waals surface area contributed by atoms with Crippen molar-refractivity contribution >= 4 is 17.3 Å². The number of hydrogen-bond acceptors (Lipinski definition) is 2. The molecule has 0 spiro atoms. The van der Waals surface area contributed by atoms with E-state index in [9.17, 15) is 0 Å². The van der Waals surface area contributed by atoms with Crippen LogP contribution in [-0.4, -0.2) is 20.9 Å². The number of aryl methyl sites for hydroxylation is 1. The maximum Gasteiger partial charge on any atom is 0.166 e. The molecule has 3 rings (SSSR count). The van der Waals surface area contributed by atoms with Crippen LogP contribution in [0.25, 0.3) is 5.69 Å². The number of thiocarbonyl (C=S) groups is 1. The number of benzene rings is 1. The zero-order valence-electron chi connectivity index (χ0n) is 12.4. The molecule has 0 amide bonds. The molecule has 1 aromatic carbocycles. The highest BCUT2D eigenvalue weighted by Crippen LogP contribution is 2.19. The Bertz CT molecular complexity index is 644. The minimum atomic E-state index is 0.583. The first-order chi connectivity index (χ1) is 10.1. The van der Waals surface area contributed by atoms with Gasteiger partial charge in [-0.25, -0.2) is 4.68 Å². The highest BCUT2D eigenvalue weighted by atomic mass is 32.1. The fraction of sp³-hybridized carbons (Fsp3) is 0.375. The van der Waals surface area contributed by atoms with Crippen LogP contribution in [0.3, 0.4) is 0 Å². The van der Waals surface area contributed by atoms with Crippen molar-refractivity contribution in [3.8, 4) is 5.69 Å². The van der Waals surface area contributed by atoms with E-state index in [-0.39, 0.29) is 0 Å². The Morgan fingerprint density at radius 2 is 2.00 bits per heavy atom. The molecule has 2 aromatic rings. The van der Waals surface area contributed by atoms with Gasteiger partial charge in [0.1, 0.15) is 0 Å². The van der Waals surface area contributed by atoms with Crippen molar-refractivity contribution in [3.63, 3.8) is 0 Å². The van der Waals surface area contributed by atoms with Gasteiger partial charge in [-0.15, -0.1) is 0 Å². The predicted octanol–water partition coefficient (Wildman–Crippen LogP) is 2.62. The minimum Gasteiger partial charge on any atom is -0.360 e. The summed E-state index contributed by atoms with van der Waals surface area (Å²) >= 11 is 5.31. The Morgan fingerprint density at radius 3 is 2.67 bits per heavy atom. The van der Waals surface area contributed by atoms with E-state index in [0.29, 0.717) is 12.6 Å². The predicted molar refractivity (Wildman–Crippen MR) is 88.6 cm³/mol. The number of para-hydroxylation sites is 1. The maximum absolute atomic E-state index is 5.31. The van der Waals surface area contributed by atoms with Gasteiger partial charge in [-0.05, 0) is 51.0 Å². The lowest BCUT2D eigenvalue weighted by Gasteiger charge is -2.10. The summed E-state index contributed by atoms with van der Waals surface area (Å²) < 4.78 is 1.99. The van der Waals surface area contributed by atoms with Crippen molar-refractivity contribution < 1.29 is 0 Å². The molecular weight excluding hydrogens is 280 g/mol. The van der Waals surface area contributed by atoms with Gasteiger partial charge in [-0.2, -0.15) is 5.10 Å². The Kier molecular flexibility index (Phi) is 3.92. The van der Waals surface area contributed by atoms with Crippen molar-refractivity contribution in [2.45, 2.75) is 39.3 Å². The number of aromatic nitrogens is 2. The van der Waals surface area contributed by atoms with E-state index in [1.165, 1.54) is 18.4 Å². The molecule has 5 heteroatoms. The van der Waals surface area contributed by atoms with Crippen molar-refractivity contribution in [1.82, 2.24) is 20.4 Å². The van der Waals surface area contributed by atoms with E-state index >= 15 is 0 Å². The molecule has 2 N–H and O–H groups in total. The molecule has 1 aliphatic rings. The molecule has 1 aliphatic carbocycles. The standard InChI is InChI=1S/C16H20N4S/c1-11-15(10-17-16(21)18-13-8-9-13)12(2)20(19-11)14-6-4-3-5-7-14/h3-7,13H,8-10H2,1-2H3,(H2,17,18,21). The largest absolute Gasteiger partial charge is 0.360 e. The van der Waals surface area contributed by atoms with Crippen LogP contribution in [0.4, 0.5) is 0 Å². The first-order valence-corrected chi connectivity index (χ1v) is 7.71. The van der Waals surface area contributed by atoms with Crippen molar-refractivity contribution in [3.05, 3.63) is 47.3 Å². The van der Waals surface area contributed by atoms with Crippen molar-refractivity contribution in [1.29, 1.82) is 0 Å².